The zero-order valence-corrected chi connectivity index (χ0v) is 18.8. The van der Waals surface area contributed by atoms with E-state index >= 15 is 0 Å². The third-order valence-electron chi connectivity index (χ3n) is 5.78. The summed E-state index contributed by atoms with van der Waals surface area (Å²) in [5.41, 5.74) is 7.57. The first-order chi connectivity index (χ1) is 16.3. The standard InChI is InChI=1S/C26H25F2N3O3/c1-15-13-19(11-12-20(15)21-5-3-4-6-22(21)24(27)28)26-30-25(31-34-26)18-9-7-17(8-10-18)16(2)29-14-23(32)33/h3-13,16,24,26,29H,14H2,1-2H3,(H,30,31)(H,32,33)/t16-,26?/m1/s1. The predicted molar refractivity (Wildman–Crippen MR) is 126 cm³/mol. The summed E-state index contributed by atoms with van der Waals surface area (Å²) in [5, 5.41) is 11.7. The Kier molecular flexibility index (Phi) is 7.00. The van der Waals surface area contributed by atoms with Gasteiger partial charge in [-0.2, -0.15) is 0 Å². The van der Waals surface area contributed by atoms with Crippen LogP contribution in [0.2, 0.25) is 0 Å². The Morgan fingerprint density at radius 2 is 1.85 bits per heavy atom. The van der Waals surface area contributed by atoms with Crippen LogP contribution in [0.5, 0.6) is 0 Å². The van der Waals surface area contributed by atoms with Crippen LogP contribution in [0, 0.1) is 6.92 Å². The molecular formula is C26H25F2N3O3. The maximum absolute atomic E-state index is 13.4. The quantitative estimate of drug-likeness (QED) is 0.420. The molecule has 0 radical (unpaired) electrons. The maximum atomic E-state index is 13.4. The molecule has 2 atom stereocenters. The van der Waals surface area contributed by atoms with Crippen LogP contribution < -0.4 is 10.8 Å². The number of carboxylic acids is 1. The molecule has 0 saturated heterocycles. The molecule has 0 bridgehead atoms. The second-order valence-electron chi connectivity index (χ2n) is 8.13. The highest BCUT2D eigenvalue weighted by atomic mass is 19.3. The lowest BCUT2D eigenvalue weighted by Gasteiger charge is -2.14. The molecule has 1 aliphatic heterocycles. The van der Waals surface area contributed by atoms with E-state index in [4.69, 9.17) is 9.94 Å². The summed E-state index contributed by atoms with van der Waals surface area (Å²) in [4.78, 5) is 21.0. The number of hydrogen-bond acceptors (Lipinski definition) is 5. The number of nitrogens with one attached hydrogen (secondary N) is 2. The number of carbonyl (C=O) groups is 1. The fourth-order valence-corrected chi connectivity index (χ4v) is 3.92. The summed E-state index contributed by atoms with van der Waals surface area (Å²) in [6.45, 7) is 3.67. The van der Waals surface area contributed by atoms with Gasteiger partial charge in [0.05, 0.1) is 6.54 Å². The van der Waals surface area contributed by atoms with E-state index in [2.05, 4.69) is 15.8 Å². The van der Waals surface area contributed by atoms with Gasteiger partial charge >= 0.3 is 5.97 Å². The van der Waals surface area contributed by atoms with Crippen molar-refractivity contribution in [3.05, 3.63) is 94.5 Å². The van der Waals surface area contributed by atoms with Crippen molar-refractivity contribution in [2.75, 3.05) is 6.54 Å². The third-order valence-corrected chi connectivity index (χ3v) is 5.78. The predicted octanol–water partition coefficient (Wildman–Crippen LogP) is 5.32. The summed E-state index contributed by atoms with van der Waals surface area (Å²) in [5.74, 6) is -0.329. The Bertz CT molecular complexity index is 1210. The number of rotatable bonds is 8. The van der Waals surface area contributed by atoms with Crippen LogP contribution in [0.15, 0.2) is 71.7 Å². The fraction of sp³-hybridized carbons (Fsp3) is 0.231. The highest BCUT2D eigenvalue weighted by Gasteiger charge is 2.22. The van der Waals surface area contributed by atoms with Crippen molar-refractivity contribution in [3.8, 4) is 11.1 Å². The first-order valence-corrected chi connectivity index (χ1v) is 10.9. The minimum Gasteiger partial charge on any atom is -0.480 e. The van der Waals surface area contributed by atoms with Crippen LogP contribution in [0.25, 0.3) is 11.1 Å². The topological polar surface area (TPSA) is 83.0 Å². The number of hydrogen-bond donors (Lipinski definition) is 3. The Morgan fingerprint density at radius 1 is 1.12 bits per heavy atom. The molecule has 0 saturated carbocycles. The van der Waals surface area contributed by atoms with Gasteiger partial charge in [0.1, 0.15) is 0 Å². The second kappa shape index (κ2) is 10.1. The lowest BCUT2D eigenvalue weighted by atomic mass is 9.94. The van der Waals surface area contributed by atoms with E-state index in [-0.39, 0.29) is 18.2 Å². The van der Waals surface area contributed by atoms with Gasteiger partial charge < -0.3 is 10.4 Å². The molecule has 3 N–H and O–H groups in total. The van der Waals surface area contributed by atoms with Crippen molar-refractivity contribution in [3.63, 3.8) is 0 Å². The molecule has 0 amide bonds. The van der Waals surface area contributed by atoms with Gasteiger partial charge in [-0.1, -0.05) is 66.7 Å². The van der Waals surface area contributed by atoms with Crippen molar-refractivity contribution in [1.29, 1.82) is 0 Å². The largest absolute Gasteiger partial charge is 0.480 e. The van der Waals surface area contributed by atoms with Gasteiger partial charge in [-0.3, -0.25) is 4.79 Å². The summed E-state index contributed by atoms with van der Waals surface area (Å²) in [7, 11) is 0. The number of carboxylic acid groups (broad SMARTS) is 1. The number of halogens is 2. The molecule has 0 aromatic heterocycles. The van der Waals surface area contributed by atoms with Crippen LogP contribution >= 0.6 is 0 Å². The molecule has 1 unspecified atom stereocenters. The van der Waals surface area contributed by atoms with E-state index in [1.807, 2.05) is 56.3 Å². The summed E-state index contributed by atoms with van der Waals surface area (Å²) < 4.78 is 26.9. The van der Waals surface area contributed by atoms with E-state index < -0.39 is 18.6 Å². The Hall–Kier alpha value is -3.62. The molecule has 3 aromatic carbocycles. The fourth-order valence-electron chi connectivity index (χ4n) is 3.92. The molecule has 176 valence electrons. The van der Waals surface area contributed by atoms with Gasteiger partial charge in [-0.05, 0) is 36.1 Å². The highest BCUT2D eigenvalue weighted by molar-refractivity contribution is 5.98. The van der Waals surface area contributed by atoms with Crippen LogP contribution in [0.4, 0.5) is 8.78 Å². The van der Waals surface area contributed by atoms with Gasteiger partial charge in [0.15, 0.2) is 5.84 Å². The molecule has 0 fully saturated rings. The number of amidine groups is 1. The smallest absolute Gasteiger partial charge is 0.317 e. The Morgan fingerprint density at radius 3 is 2.53 bits per heavy atom. The summed E-state index contributed by atoms with van der Waals surface area (Å²) in [6.07, 6.45) is -3.11. The van der Waals surface area contributed by atoms with Crippen molar-refractivity contribution in [2.24, 2.45) is 4.99 Å². The van der Waals surface area contributed by atoms with Gasteiger partial charge in [-0.25, -0.2) is 24.1 Å². The van der Waals surface area contributed by atoms with Crippen molar-refractivity contribution < 1.29 is 23.5 Å². The van der Waals surface area contributed by atoms with E-state index in [0.717, 1.165) is 27.8 Å². The number of aliphatic carboxylic acids is 1. The monoisotopic (exact) mass is 465 g/mol. The van der Waals surface area contributed by atoms with Gasteiger partial charge in [0, 0.05) is 22.7 Å². The maximum Gasteiger partial charge on any atom is 0.317 e. The zero-order chi connectivity index (χ0) is 24.2. The molecule has 1 aliphatic rings. The van der Waals surface area contributed by atoms with Crippen LogP contribution in [0.1, 0.15) is 53.4 Å². The molecule has 8 heteroatoms. The molecule has 1 heterocycles. The highest BCUT2D eigenvalue weighted by Crippen LogP contribution is 2.34. The van der Waals surface area contributed by atoms with Gasteiger partial charge in [0.2, 0.25) is 6.23 Å². The van der Waals surface area contributed by atoms with E-state index in [0.29, 0.717) is 11.4 Å². The Labute approximate surface area is 196 Å². The summed E-state index contributed by atoms with van der Waals surface area (Å²) in [6, 6.07) is 19.6. The van der Waals surface area contributed by atoms with Crippen molar-refractivity contribution >= 4 is 11.8 Å². The molecule has 0 spiro atoms. The van der Waals surface area contributed by atoms with Gasteiger partial charge in [0.25, 0.3) is 6.43 Å². The number of alkyl halides is 2. The molecule has 3 aromatic rings. The third kappa shape index (κ3) is 5.13. The molecule has 6 nitrogen and oxygen atoms in total. The van der Waals surface area contributed by atoms with Crippen molar-refractivity contribution in [2.45, 2.75) is 32.5 Å². The van der Waals surface area contributed by atoms with Crippen LogP contribution in [-0.2, 0) is 9.63 Å². The van der Waals surface area contributed by atoms with E-state index in [9.17, 15) is 13.6 Å². The number of hydroxylamine groups is 1. The molecule has 4 rings (SSSR count). The zero-order valence-electron chi connectivity index (χ0n) is 18.8. The summed E-state index contributed by atoms with van der Waals surface area (Å²) >= 11 is 0. The second-order valence-corrected chi connectivity index (χ2v) is 8.13. The first-order valence-electron chi connectivity index (χ1n) is 10.9. The molecule has 34 heavy (non-hydrogen) atoms. The number of aryl methyl sites for hydroxylation is 1. The average Bonchev–Trinajstić information content (AvgIpc) is 3.33. The van der Waals surface area contributed by atoms with E-state index in [1.54, 1.807) is 18.2 Å². The first kappa shape index (κ1) is 23.5. The SMILES string of the molecule is Cc1cc(C2N=C(c3ccc([C@@H](C)NCC(=O)O)cc3)NO2)ccc1-c1ccccc1C(F)F. The van der Waals surface area contributed by atoms with Gasteiger partial charge in [-0.15, -0.1) is 0 Å². The lowest BCUT2D eigenvalue weighted by molar-refractivity contribution is -0.136. The van der Waals surface area contributed by atoms with Crippen molar-refractivity contribution in [1.82, 2.24) is 10.8 Å². The number of aliphatic imine (C=N–C) groups is 1. The number of nitrogens with zero attached hydrogens (tertiary/aromatic N) is 1. The van der Waals surface area contributed by atoms with E-state index in [1.165, 1.54) is 6.07 Å². The molecule has 0 aliphatic carbocycles. The average molecular weight is 466 g/mol. The lowest BCUT2D eigenvalue weighted by Crippen LogP contribution is -2.25. The molecular weight excluding hydrogens is 440 g/mol. The van der Waals surface area contributed by atoms with Crippen LogP contribution in [0.3, 0.4) is 0 Å². The Balaban J connectivity index is 1.51. The van der Waals surface area contributed by atoms with Crippen LogP contribution in [-0.4, -0.2) is 23.5 Å². The minimum atomic E-state index is -2.55. The normalized spacial score (nSPS) is 16.3. The number of benzene rings is 3. The minimum absolute atomic E-state index is 0.00775.